The number of amides is 2. The van der Waals surface area contributed by atoms with Crippen LogP contribution in [0.5, 0.6) is 0 Å². The lowest BCUT2D eigenvalue weighted by molar-refractivity contribution is 0.240. The number of nitrogens with one attached hydrogen (secondary N) is 2. The molecular formula is C12H16N4O2. The lowest BCUT2D eigenvalue weighted by atomic mass is 10.2. The van der Waals surface area contributed by atoms with Crippen molar-refractivity contribution in [3.8, 4) is 0 Å². The van der Waals surface area contributed by atoms with Gasteiger partial charge in [-0.05, 0) is 25.1 Å². The average molecular weight is 248 g/mol. The fourth-order valence-electron chi connectivity index (χ4n) is 1.60. The Morgan fingerprint density at radius 1 is 1.33 bits per heavy atom. The molecule has 0 aliphatic carbocycles. The first kappa shape index (κ1) is 12.4. The largest absolute Gasteiger partial charge is 0.356 e. The van der Waals surface area contributed by atoms with Gasteiger partial charge >= 0.3 is 6.03 Å². The molecule has 2 aromatic rings. The maximum absolute atomic E-state index is 11.4. The molecule has 0 saturated heterocycles. The molecule has 6 nitrogen and oxygen atoms in total. The van der Waals surface area contributed by atoms with E-state index in [4.69, 9.17) is 10.3 Å². The predicted molar refractivity (Wildman–Crippen MR) is 67.9 cm³/mol. The molecule has 6 heteroatoms. The normalized spacial score (nSPS) is 10.5. The highest BCUT2D eigenvalue weighted by molar-refractivity contribution is 5.80. The molecule has 0 bridgehead atoms. The van der Waals surface area contributed by atoms with Crippen LogP contribution in [0.4, 0.5) is 4.79 Å². The first-order chi connectivity index (χ1) is 8.81. The standard InChI is InChI=1S/C12H16N4O2/c13-6-3-7-14-12(17)15-8-10-9-4-1-2-5-11(9)18-16-10/h1-2,4-5H,3,6-8,13H2,(H2,14,15,17). The average Bonchev–Trinajstić information content (AvgIpc) is 2.80. The van der Waals surface area contributed by atoms with Gasteiger partial charge in [-0.2, -0.15) is 0 Å². The molecular weight excluding hydrogens is 232 g/mol. The maximum Gasteiger partial charge on any atom is 0.315 e. The molecule has 0 aliphatic rings. The summed E-state index contributed by atoms with van der Waals surface area (Å²) in [6.45, 7) is 1.47. The van der Waals surface area contributed by atoms with Crippen molar-refractivity contribution in [2.24, 2.45) is 5.73 Å². The van der Waals surface area contributed by atoms with Crippen LogP contribution in [0, 0.1) is 0 Å². The van der Waals surface area contributed by atoms with E-state index in [2.05, 4.69) is 15.8 Å². The predicted octanol–water partition coefficient (Wildman–Crippen LogP) is 0.976. The van der Waals surface area contributed by atoms with E-state index in [-0.39, 0.29) is 6.03 Å². The topological polar surface area (TPSA) is 93.2 Å². The zero-order chi connectivity index (χ0) is 12.8. The van der Waals surface area contributed by atoms with Crippen molar-refractivity contribution in [2.75, 3.05) is 13.1 Å². The first-order valence-electron chi connectivity index (χ1n) is 5.86. The molecule has 2 amide bonds. The summed E-state index contributed by atoms with van der Waals surface area (Å²) < 4.78 is 5.14. The highest BCUT2D eigenvalue weighted by Crippen LogP contribution is 2.17. The van der Waals surface area contributed by atoms with Crippen LogP contribution >= 0.6 is 0 Å². The van der Waals surface area contributed by atoms with Crippen LogP contribution in [0.2, 0.25) is 0 Å². The Morgan fingerprint density at radius 3 is 3.00 bits per heavy atom. The molecule has 0 unspecified atom stereocenters. The zero-order valence-corrected chi connectivity index (χ0v) is 9.98. The maximum atomic E-state index is 11.4. The number of benzene rings is 1. The molecule has 0 spiro atoms. The number of nitrogens with zero attached hydrogens (tertiary/aromatic N) is 1. The Kier molecular flexibility index (Phi) is 4.14. The van der Waals surface area contributed by atoms with E-state index in [0.29, 0.717) is 19.6 Å². The van der Waals surface area contributed by atoms with Gasteiger partial charge in [0.2, 0.25) is 0 Å². The van der Waals surface area contributed by atoms with Crippen molar-refractivity contribution >= 4 is 17.0 Å². The van der Waals surface area contributed by atoms with Crippen LogP contribution in [0.15, 0.2) is 28.8 Å². The molecule has 0 saturated carbocycles. The van der Waals surface area contributed by atoms with Crippen LogP contribution < -0.4 is 16.4 Å². The Labute approximate surface area is 105 Å². The molecule has 0 atom stereocenters. The molecule has 2 rings (SSSR count). The first-order valence-corrected chi connectivity index (χ1v) is 5.86. The Balaban J connectivity index is 1.88. The summed E-state index contributed by atoms with van der Waals surface area (Å²) in [6, 6.07) is 7.31. The molecule has 1 aromatic heterocycles. The van der Waals surface area contributed by atoms with Crippen molar-refractivity contribution < 1.29 is 9.32 Å². The number of para-hydroxylation sites is 1. The minimum absolute atomic E-state index is 0.226. The lowest BCUT2D eigenvalue weighted by Crippen LogP contribution is -2.36. The summed E-state index contributed by atoms with van der Waals surface area (Å²) in [5, 5.41) is 10.3. The molecule has 1 heterocycles. The third kappa shape index (κ3) is 2.98. The molecule has 0 aliphatic heterocycles. The Hall–Kier alpha value is -2.08. The number of carbonyl (C=O) groups is 1. The Bertz CT molecular complexity index is 524. The number of fused-ring (bicyclic) bond motifs is 1. The summed E-state index contributed by atoms with van der Waals surface area (Å²) in [6.07, 6.45) is 0.764. The van der Waals surface area contributed by atoms with Gasteiger partial charge in [-0.1, -0.05) is 17.3 Å². The third-order valence-corrected chi connectivity index (χ3v) is 2.53. The van der Waals surface area contributed by atoms with Crippen molar-refractivity contribution in [1.29, 1.82) is 0 Å². The fraction of sp³-hybridized carbons (Fsp3) is 0.333. The number of carbonyl (C=O) groups excluding carboxylic acids is 1. The number of rotatable bonds is 5. The van der Waals surface area contributed by atoms with Crippen molar-refractivity contribution in [3.05, 3.63) is 30.0 Å². The smallest absolute Gasteiger partial charge is 0.315 e. The van der Waals surface area contributed by atoms with E-state index in [1.54, 1.807) is 0 Å². The molecule has 0 radical (unpaired) electrons. The molecule has 1 aromatic carbocycles. The van der Waals surface area contributed by atoms with E-state index in [0.717, 1.165) is 23.1 Å². The third-order valence-electron chi connectivity index (χ3n) is 2.53. The summed E-state index contributed by atoms with van der Waals surface area (Å²) in [5.74, 6) is 0. The van der Waals surface area contributed by atoms with Crippen molar-refractivity contribution in [2.45, 2.75) is 13.0 Å². The summed E-state index contributed by atoms with van der Waals surface area (Å²) >= 11 is 0. The van der Waals surface area contributed by atoms with E-state index in [9.17, 15) is 4.79 Å². The number of aromatic nitrogens is 1. The summed E-state index contributed by atoms with van der Waals surface area (Å²) in [5.41, 5.74) is 6.78. The highest BCUT2D eigenvalue weighted by atomic mass is 16.5. The number of hydrogen-bond acceptors (Lipinski definition) is 4. The number of urea groups is 1. The zero-order valence-electron chi connectivity index (χ0n) is 9.98. The minimum Gasteiger partial charge on any atom is -0.356 e. The summed E-state index contributed by atoms with van der Waals surface area (Å²) in [7, 11) is 0. The van der Waals surface area contributed by atoms with E-state index in [1.807, 2.05) is 24.3 Å². The van der Waals surface area contributed by atoms with Crippen LogP contribution in [0.1, 0.15) is 12.1 Å². The molecule has 18 heavy (non-hydrogen) atoms. The lowest BCUT2D eigenvalue weighted by Gasteiger charge is -2.05. The summed E-state index contributed by atoms with van der Waals surface area (Å²) in [4.78, 5) is 11.4. The van der Waals surface area contributed by atoms with Gasteiger partial charge in [0.25, 0.3) is 0 Å². The van der Waals surface area contributed by atoms with E-state index in [1.165, 1.54) is 0 Å². The SMILES string of the molecule is NCCCNC(=O)NCc1noc2ccccc12. The second-order valence-corrected chi connectivity index (χ2v) is 3.88. The quantitative estimate of drug-likeness (QED) is 0.687. The van der Waals surface area contributed by atoms with Gasteiger partial charge < -0.3 is 20.9 Å². The van der Waals surface area contributed by atoms with Gasteiger partial charge in [-0.3, -0.25) is 0 Å². The van der Waals surface area contributed by atoms with Crippen LogP contribution in [0.3, 0.4) is 0 Å². The number of hydrogen-bond donors (Lipinski definition) is 3. The fourth-order valence-corrected chi connectivity index (χ4v) is 1.60. The van der Waals surface area contributed by atoms with Crippen LogP contribution in [-0.2, 0) is 6.54 Å². The van der Waals surface area contributed by atoms with Crippen LogP contribution in [-0.4, -0.2) is 24.3 Å². The molecule has 96 valence electrons. The van der Waals surface area contributed by atoms with Crippen molar-refractivity contribution in [1.82, 2.24) is 15.8 Å². The minimum atomic E-state index is -0.226. The monoisotopic (exact) mass is 248 g/mol. The van der Waals surface area contributed by atoms with Gasteiger partial charge in [0.05, 0.1) is 6.54 Å². The van der Waals surface area contributed by atoms with Crippen molar-refractivity contribution in [3.63, 3.8) is 0 Å². The highest BCUT2D eigenvalue weighted by Gasteiger charge is 2.08. The molecule has 0 fully saturated rings. The van der Waals surface area contributed by atoms with Gasteiger partial charge in [-0.15, -0.1) is 0 Å². The number of nitrogens with two attached hydrogens (primary N) is 1. The Morgan fingerprint density at radius 2 is 2.17 bits per heavy atom. The second kappa shape index (κ2) is 6.02. The van der Waals surface area contributed by atoms with Gasteiger partial charge in [-0.25, -0.2) is 4.79 Å². The van der Waals surface area contributed by atoms with Gasteiger partial charge in [0.15, 0.2) is 5.58 Å². The van der Waals surface area contributed by atoms with Crippen LogP contribution in [0.25, 0.3) is 11.0 Å². The van der Waals surface area contributed by atoms with Gasteiger partial charge in [0, 0.05) is 11.9 Å². The second-order valence-electron chi connectivity index (χ2n) is 3.88. The van der Waals surface area contributed by atoms with Gasteiger partial charge in [0.1, 0.15) is 5.69 Å². The van der Waals surface area contributed by atoms with E-state index >= 15 is 0 Å². The molecule has 4 N–H and O–H groups in total. The van der Waals surface area contributed by atoms with E-state index < -0.39 is 0 Å².